The molecule has 0 fully saturated rings. The van der Waals surface area contributed by atoms with Gasteiger partial charge in [0.2, 0.25) is 0 Å². The van der Waals surface area contributed by atoms with Gasteiger partial charge in [-0.25, -0.2) is 0 Å². The van der Waals surface area contributed by atoms with Crippen LogP contribution in [0.2, 0.25) is 0 Å². The Morgan fingerprint density at radius 1 is 1.62 bits per heavy atom. The Labute approximate surface area is 86.0 Å². The predicted octanol–water partition coefficient (Wildman–Crippen LogP) is 2.38. The van der Waals surface area contributed by atoms with Crippen molar-refractivity contribution in [1.82, 2.24) is 0 Å². The topological polar surface area (TPSA) is 60.2 Å². The third kappa shape index (κ3) is 4.98. The summed E-state index contributed by atoms with van der Waals surface area (Å²) in [5.41, 5.74) is 0. The molecule has 4 nitrogen and oxygen atoms in total. The van der Waals surface area contributed by atoms with E-state index in [1.807, 2.05) is 6.92 Å². The summed E-state index contributed by atoms with van der Waals surface area (Å²) in [5, 5.41) is 10.4. The number of alkyl halides is 1. The number of ketones is 1. The number of nitro groups is 1. The Morgan fingerprint density at radius 3 is 2.46 bits per heavy atom. The largest absolute Gasteiger partial charge is 0.300 e. The summed E-state index contributed by atoms with van der Waals surface area (Å²) in [6.07, 6.45) is 1.84. The molecule has 0 aliphatic carbocycles. The van der Waals surface area contributed by atoms with Crippen molar-refractivity contribution in [2.75, 3.05) is 0 Å². The zero-order chi connectivity index (χ0) is 10.4. The number of rotatable bonds is 6. The normalized spacial score (nSPS) is 15.0. The van der Waals surface area contributed by atoms with E-state index < -0.39 is 4.95 Å². The zero-order valence-electron chi connectivity index (χ0n) is 7.83. The first-order chi connectivity index (χ1) is 5.99. The fraction of sp³-hybridized carbons (Fsp3) is 0.875. The summed E-state index contributed by atoms with van der Waals surface area (Å²) < 4.78 is 0. The van der Waals surface area contributed by atoms with Crippen LogP contribution < -0.4 is 0 Å². The van der Waals surface area contributed by atoms with Gasteiger partial charge in [-0.15, -0.1) is 0 Å². The molecule has 2 atom stereocenters. The molecular formula is C8H14BrNO3. The van der Waals surface area contributed by atoms with E-state index in [4.69, 9.17) is 0 Å². The number of hydrogen-bond donors (Lipinski definition) is 0. The van der Waals surface area contributed by atoms with E-state index in [-0.39, 0.29) is 23.0 Å². The molecule has 5 heteroatoms. The zero-order valence-corrected chi connectivity index (χ0v) is 9.41. The van der Waals surface area contributed by atoms with Gasteiger partial charge in [0.05, 0.1) is 0 Å². The van der Waals surface area contributed by atoms with Gasteiger partial charge in [0.25, 0.3) is 4.95 Å². The van der Waals surface area contributed by atoms with E-state index in [1.54, 1.807) is 0 Å². The maximum absolute atomic E-state index is 10.8. The van der Waals surface area contributed by atoms with Crippen molar-refractivity contribution in [3.63, 3.8) is 0 Å². The summed E-state index contributed by atoms with van der Waals surface area (Å²) in [7, 11) is 0. The van der Waals surface area contributed by atoms with Gasteiger partial charge in [0, 0.05) is 17.3 Å². The molecule has 0 bridgehead atoms. The summed E-state index contributed by atoms with van der Waals surface area (Å²) >= 11 is 2.99. The lowest BCUT2D eigenvalue weighted by Gasteiger charge is -2.13. The molecule has 1 unspecified atom stereocenters. The second kappa shape index (κ2) is 6.07. The maximum atomic E-state index is 10.8. The Kier molecular flexibility index (Phi) is 5.86. The quantitative estimate of drug-likeness (QED) is 0.315. The van der Waals surface area contributed by atoms with E-state index >= 15 is 0 Å². The number of halogens is 1. The third-order valence-electron chi connectivity index (χ3n) is 1.80. The minimum atomic E-state index is -0.795. The van der Waals surface area contributed by atoms with Crippen molar-refractivity contribution in [1.29, 1.82) is 0 Å². The van der Waals surface area contributed by atoms with E-state index in [2.05, 4.69) is 15.9 Å². The van der Waals surface area contributed by atoms with Crippen LogP contribution in [0.5, 0.6) is 0 Å². The van der Waals surface area contributed by atoms with Crippen LogP contribution >= 0.6 is 15.9 Å². The van der Waals surface area contributed by atoms with Gasteiger partial charge in [-0.05, 0) is 29.3 Å². The molecule has 0 aliphatic heterocycles. The average Bonchev–Trinajstić information content (AvgIpc) is 2.01. The lowest BCUT2D eigenvalue weighted by atomic mass is 9.98. The highest BCUT2D eigenvalue weighted by atomic mass is 79.9. The van der Waals surface area contributed by atoms with Crippen LogP contribution in [-0.2, 0) is 4.79 Å². The maximum Gasteiger partial charge on any atom is 0.269 e. The van der Waals surface area contributed by atoms with Crippen molar-refractivity contribution in [2.45, 2.75) is 38.1 Å². The molecule has 0 radical (unpaired) electrons. The first kappa shape index (κ1) is 12.6. The van der Waals surface area contributed by atoms with Crippen LogP contribution in [0.25, 0.3) is 0 Å². The number of carbonyl (C=O) groups excluding carboxylic acids is 1. The van der Waals surface area contributed by atoms with Gasteiger partial charge in [0.1, 0.15) is 5.78 Å². The van der Waals surface area contributed by atoms with Gasteiger partial charge in [0.15, 0.2) is 0 Å². The van der Waals surface area contributed by atoms with Crippen LogP contribution in [0, 0.1) is 16.0 Å². The van der Waals surface area contributed by atoms with Crippen molar-refractivity contribution in [2.24, 2.45) is 5.92 Å². The molecular weight excluding hydrogens is 238 g/mol. The molecule has 0 N–H and O–H groups in total. The lowest BCUT2D eigenvalue weighted by Crippen LogP contribution is -2.24. The molecule has 76 valence electrons. The van der Waals surface area contributed by atoms with E-state index in [9.17, 15) is 14.9 Å². The lowest BCUT2D eigenvalue weighted by molar-refractivity contribution is -0.501. The number of carbonyl (C=O) groups is 1. The van der Waals surface area contributed by atoms with Crippen LogP contribution in [0.3, 0.4) is 0 Å². The fourth-order valence-corrected chi connectivity index (χ4v) is 1.70. The summed E-state index contributed by atoms with van der Waals surface area (Å²) in [4.78, 5) is 20.1. The second-order valence-corrected chi connectivity index (χ2v) is 4.05. The predicted molar refractivity (Wildman–Crippen MR) is 53.4 cm³/mol. The molecule has 0 aliphatic rings. The molecule has 0 spiro atoms. The molecule has 0 aromatic heterocycles. The number of nitrogens with zero attached hydrogens (tertiary/aromatic N) is 1. The van der Waals surface area contributed by atoms with Gasteiger partial charge >= 0.3 is 0 Å². The van der Waals surface area contributed by atoms with Gasteiger partial charge in [-0.3, -0.25) is 10.1 Å². The van der Waals surface area contributed by atoms with Crippen molar-refractivity contribution < 1.29 is 9.72 Å². The van der Waals surface area contributed by atoms with E-state index in [0.29, 0.717) is 6.42 Å². The average molecular weight is 252 g/mol. The SMILES string of the molecule is CCC[C@H](CC(C)=O)C(Br)[N+](=O)[O-]. The van der Waals surface area contributed by atoms with Crippen LogP contribution in [0.4, 0.5) is 0 Å². The van der Waals surface area contributed by atoms with Gasteiger partial charge < -0.3 is 4.79 Å². The highest BCUT2D eigenvalue weighted by Gasteiger charge is 2.28. The van der Waals surface area contributed by atoms with Crippen molar-refractivity contribution >= 4 is 21.7 Å². The molecule has 0 saturated carbocycles. The minimum Gasteiger partial charge on any atom is -0.300 e. The minimum absolute atomic E-state index is 0.00440. The molecule has 0 saturated heterocycles. The van der Waals surface area contributed by atoms with Gasteiger partial charge in [-0.2, -0.15) is 0 Å². The van der Waals surface area contributed by atoms with Crippen LogP contribution in [0.15, 0.2) is 0 Å². The summed E-state index contributed by atoms with van der Waals surface area (Å²) in [6.45, 7) is 3.41. The molecule has 0 rings (SSSR count). The number of Topliss-reactive ketones (excluding diaryl/α,β-unsaturated/α-hetero) is 1. The Hall–Kier alpha value is -0.450. The summed E-state index contributed by atoms with van der Waals surface area (Å²) in [5.74, 6) is -0.178. The highest BCUT2D eigenvalue weighted by Crippen LogP contribution is 2.22. The standard InChI is InChI=1S/C8H14BrNO3/c1-3-4-7(5-6(2)11)8(9)10(12)13/h7-8H,3-5H2,1-2H3/t7-,8?/m1/s1. The second-order valence-electron chi connectivity index (χ2n) is 3.11. The monoisotopic (exact) mass is 251 g/mol. The molecule has 0 heterocycles. The Bertz CT molecular complexity index is 196. The van der Waals surface area contributed by atoms with Crippen molar-refractivity contribution in [3.8, 4) is 0 Å². The van der Waals surface area contributed by atoms with Crippen LogP contribution in [0.1, 0.15) is 33.1 Å². The first-order valence-corrected chi connectivity index (χ1v) is 5.17. The molecule has 0 aromatic carbocycles. The Morgan fingerprint density at radius 2 is 2.15 bits per heavy atom. The fourth-order valence-electron chi connectivity index (χ4n) is 1.25. The van der Waals surface area contributed by atoms with Crippen LogP contribution in [-0.4, -0.2) is 15.7 Å². The highest BCUT2D eigenvalue weighted by molar-refractivity contribution is 9.09. The van der Waals surface area contributed by atoms with Crippen molar-refractivity contribution in [3.05, 3.63) is 10.1 Å². The third-order valence-corrected chi connectivity index (χ3v) is 2.88. The van der Waals surface area contributed by atoms with E-state index in [1.165, 1.54) is 6.92 Å². The first-order valence-electron chi connectivity index (χ1n) is 4.26. The van der Waals surface area contributed by atoms with Gasteiger partial charge in [-0.1, -0.05) is 13.3 Å². The Balaban J connectivity index is 4.22. The molecule has 0 amide bonds. The molecule has 13 heavy (non-hydrogen) atoms. The summed E-state index contributed by atoms with van der Waals surface area (Å²) in [6, 6.07) is 0. The molecule has 0 aromatic rings. The smallest absolute Gasteiger partial charge is 0.269 e. The van der Waals surface area contributed by atoms with E-state index in [0.717, 1.165) is 6.42 Å². The number of hydrogen-bond acceptors (Lipinski definition) is 3.